The monoisotopic (exact) mass is 142 g/mol. The number of likely N-dealkylation sites (N-methyl/N-ethyl adjacent to an activating group) is 1. The van der Waals surface area contributed by atoms with E-state index in [0.29, 0.717) is 0 Å². The molecule has 1 aliphatic carbocycles. The summed E-state index contributed by atoms with van der Waals surface area (Å²) in [6.45, 7) is 7.75. The first kappa shape index (κ1) is 8.02. The smallest absolute Gasteiger partial charge is 0.0284 e. The predicted molar refractivity (Wildman–Crippen MR) is 43.9 cm³/mol. The predicted octanol–water partition coefficient (Wildman–Crippen LogP) is 0.819. The second-order valence-corrected chi connectivity index (χ2v) is 3.32. The Morgan fingerprint density at radius 3 is 2.10 bits per heavy atom. The van der Waals surface area contributed by atoms with Gasteiger partial charge in [-0.15, -0.1) is 0 Å². The van der Waals surface area contributed by atoms with E-state index in [1.54, 1.807) is 0 Å². The maximum Gasteiger partial charge on any atom is 0.0284 e. The molecule has 1 aliphatic rings. The van der Waals surface area contributed by atoms with Crippen LogP contribution in [0.3, 0.4) is 0 Å². The van der Waals surface area contributed by atoms with Crippen molar-refractivity contribution < 1.29 is 0 Å². The molecule has 0 aromatic heterocycles. The molecule has 0 saturated heterocycles. The number of rotatable bonds is 4. The molecule has 0 heterocycles. The van der Waals surface area contributed by atoms with E-state index in [1.807, 2.05) is 0 Å². The highest BCUT2D eigenvalue weighted by Gasteiger charge is 2.38. The lowest BCUT2D eigenvalue weighted by Gasteiger charge is -2.21. The molecule has 1 rings (SSSR count). The average molecular weight is 142 g/mol. The molecule has 0 aliphatic heterocycles. The number of hydrogen-bond acceptors (Lipinski definition) is 2. The topological polar surface area (TPSA) is 29.3 Å². The van der Waals surface area contributed by atoms with E-state index in [-0.39, 0.29) is 5.54 Å². The molecule has 0 aromatic carbocycles. The first-order chi connectivity index (χ1) is 4.70. The van der Waals surface area contributed by atoms with Crippen molar-refractivity contribution in [3.8, 4) is 0 Å². The number of nitrogens with two attached hydrogens (primary N) is 1. The zero-order chi connectivity index (χ0) is 7.61. The van der Waals surface area contributed by atoms with Crippen molar-refractivity contribution in [3.05, 3.63) is 0 Å². The molecular formula is C8H18N2. The molecule has 2 heteroatoms. The summed E-state index contributed by atoms with van der Waals surface area (Å²) in [4.78, 5) is 2.40. The van der Waals surface area contributed by atoms with E-state index in [0.717, 1.165) is 19.6 Å². The lowest BCUT2D eigenvalue weighted by atomic mass is 10.2. The molecule has 60 valence electrons. The lowest BCUT2D eigenvalue weighted by molar-refractivity contribution is 0.276. The standard InChI is InChI=1S/C8H18N2/c1-3-10(4-2)7-8(9)5-6-8/h3-7,9H2,1-2H3. The van der Waals surface area contributed by atoms with Gasteiger partial charge in [-0.25, -0.2) is 0 Å². The summed E-state index contributed by atoms with van der Waals surface area (Å²) >= 11 is 0. The third kappa shape index (κ3) is 1.96. The van der Waals surface area contributed by atoms with Gasteiger partial charge >= 0.3 is 0 Å². The van der Waals surface area contributed by atoms with E-state index >= 15 is 0 Å². The van der Waals surface area contributed by atoms with Gasteiger partial charge in [0.15, 0.2) is 0 Å². The van der Waals surface area contributed by atoms with Gasteiger partial charge in [0.2, 0.25) is 0 Å². The largest absolute Gasteiger partial charge is 0.324 e. The Balaban J connectivity index is 2.21. The summed E-state index contributed by atoms with van der Waals surface area (Å²) in [6, 6.07) is 0. The molecule has 1 saturated carbocycles. The average Bonchev–Trinajstić information content (AvgIpc) is 2.64. The molecule has 1 fully saturated rings. The van der Waals surface area contributed by atoms with Crippen molar-refractivity contribution >= 4 is 0 Å². The SMILES string of the molecule is CCN(CC)CC1(N)CC1. The highest BCUT2D eigenvalue weighted by molar-refractivity contribution is 5.00. The van der Waals surface area contributed by atoms with Crippen molar-refractivity contribution in [1.29, 1.82) is 0 Å². The van der Waals surface area contributed by atoms with E-state index in [9.17, 15) is 0 Å². The Bertz CT molecular complexity index is 104. The summed E-state index contributed by atoms with van der Waals surface area (Å²) in [7, 11) is 0. The van der Waals surface area contributed by atoms with Gasteiger partial charge in [0.05, 0.1) is 0 Å². The van der Waals surface area contributed by atoms with E-state index < -0.39 is 0 Å². The molecule has 0 spiro atoms. The van der Waals surface area contributed by atoms with Crippen LogP contribution in [0.2, 0.25) is 0 Å². The fourth-order valence-electron chi connectivity index (χ4n) is 1.21. The third-order valence-corrected chi connectivity index (χ3v) is 2.33. The highest BCUT2D eigenvalue weighted by atomic mass is 15.1. The van der Waals surface area contributed by atoms with Gasteiger partial charge in [0.25, 0.3) is 0 Å². The molecule has 2 N–H and O–H groups in total. The van der Waals surface area contributed by atoms with Crippen LogP contribution in [0, 0.1) is 0 Å². The van der Waals surface area contributed by atoms with E-state index in [4.69, 9.17) is 5.73 Å². The summed E-state index contributed by atoms with van der Waals surface area (Å²) in [6.07, 6.45) is 2.45. The summed E-state index contributed by atoms with van der Waals surface area (Å²) in [5, 5.41) is 0. The molecule has 0 aromatic rings. The Hall–Kier alpha value is -0.0800. The fourth-order valence-corrected chi connectivity index (χ4v) is 1.21. The van der Waals surface area contributed by atoms with Gasteiger partial charge in [-0.2, -0.15) is 0 Å². The minimum atomic E-state index is 0.200. The van der Waals surface area contributed by atoms with Crippen molar-refractivity contribution in [2.24, 2.45) is 5.73 Å². The highest BCUT2D eigenvalue weighted by Crippen LogP contribution is 2.32. The minimum absolute atomic E-state index is 0.200. The number of hydrogen-bond donors (Lipinski definition) is 1. The molecule has 0 unspecified atom stereocenters. The lowest BCUT2D eigenvalue weighted by Crippen LogP contribution is -2.39. The van der Waals surface area contributed by atoms with Crippen LogP contribution >= 0.6 is 0 Å². The normalized spacial score (nSPS) is 21.6. The molecule has 0 bridgehead atoms. The molecule has 2 nitrogen and oxygen atoms in total. The quantitative estimate of drug-likeness (QED) is 0.629. The van der Waals surface area contributed by atoms with Crippen molar-refractivity contribution in [3.63, 3.8) is 0 Å². The van der Waals surface area contributed by atoms with E-state index in [1.165, 1.54) is 12.8 Å². The van der Waals surface area contributed by atoms with Crippen LogP contribution in [-0.4, -0.2) is 30.1 Å². The van der Waals surface area contributed by atoms with Crippen LogP contribution in [0.1, 0.15) is 26.7 Å². The van der Waals surface area contributed by atoms with Crippen molar-refractivity contribution in [2.45, 2.75) is 32.2 Å². The Morgan fingerprint density at radius 2 is 1.80 bits per heavy atom. The Labute approximate surface area is 63.4 Å². The Kier molecular flexibility index (Phi) is 2.32. The second-order valence-electron chi connectivity index (χ2n) is 3.32. The summed E-state index contributed by atoms with van der Waals surface area (Å²) in [5.74, 6) is 0. The maximum absolute atomic E-state index is 5.96. The number of nitrogens with zero attached hydrogens (tertiary/aromatic N) is 1. The first-order valence-electron chi connectivity index (χ1n) is 4.21. The van der Waals surface area contributed by atoms with Crippen LogP contribution in [0.15, 0.2) is 0 Å². The molecule has 0 radical (unpaired) electrons. The van der Waals surface area contributed by atoms with Gasteiger partial charge < -0.3 is 10.6 Å². The second kappa shape index (κ2) is 2.89. The zero-order valence-electron chi connectivity index (χ0n) is 7.06. The molecule has 0 atom stereocenters. The molecule has 0 amide bonds. The van der Waals surface area contributed by atoms with E-state index in [2.05, 4.69) is 18.7 Å². The third-order valence-electron chi connectivity index (χ3n) is 2.33. The van der Waals surface area contributed by atoms with Crippen LogP contribution < -0.4 is 5.73 Å². The fraction of sp³-hybridized carbons (Fsp3) is 1.00. The van der Waals surface area contributed by atoms with Crippen LogP contribution in [0.4, 0.5) is 0 Å². The molecule has 10 heavy (non-hydrogen) atoms. The van der Waals surface area contributed by atoms with Crippen molar-refractivity contribution in [2.75, 3.05) is 19.6 Å². The van der Waals surface area contributed by atoms with Crippen LogP contribution in [-0.2, 0) is 0 Å². The van der Waals surface area contributed by atoms with Gasteiger partial charge in [0.1, 0.15) is 0 Å². The molecular weight excluding hydrogens is 124 g/mol. The van der Waals surface area contributed by atoms with Gasteiger partial charge in [-0.1, -0.05) is 13.8 Å². The Morgan fingerprint density at radius 1 is 1.30 bits per heavy atom. The van der Waals surface area contributed by atoms with Gasteiger partial charge in [-0.3, -0.25) is 0 Å². The van der Waals surface area contributed by atoms with Crippen molar-refractivity contribution in [1.82, 2.24) is 4.90 Å². The summed E-state index contributed by atoms with van der Waals surface area (Å²) in [5.41, 5.74) is 6.16. The van der Waals surface area contributed by atoms with Gasteiger partial charge in [0, 0.05) is 12.1 Å². The first-order valence-corrected chi connectivity index (χ1v) is 4.21. The van der Waals surface area contributed by atoms with Gasteiger partial charge in [-0.05, 0) is 25.9 Å². The summed E-state index contributed by atoms with van der Waals surface area (Å²) < 4.78 is 0. The van der Waals surface area contributed by atoms with Crippen LogP contribution in [0.5, 0.6) is 0 Å². The minimum Gasteiger partial charge on any atom is -0.324 e. The zero-order valence-corrected chi connectivity index (χ0v) is 7.06. The maximum atomic E-state index is 5.96. The van der Waals surface area contributed by atoms with Crippen LogP contribution in [0.25, 0.3) is 0 Å².